The fraction of sp³-hybridized carbons (Fsp3) is 0.100. The van der Waals surface area contributed by atoms with E-state index in [9.17, 15) is 0 Å². The highest BCUT2D eigenvalue weighted by molar-refractivity contribution is 7.79. The van der Waals surface area contributed by atoms with E-state index in [0.717, 1.165) is 16.3 Å². The molecular formula is C10H7Cl2NS2. The van der Waals surface area contributed by atoms with Gasteiger partial charge in [0.15, 0.2) is 0 Å². The molecule has 0 saturated carbocycles. The molecule has 15 heavy (non-hydrogen) atoms. The number of thiol groups is 1. The number of nitrogens with zero attached hydrogens (tertiary/aromatic N) is 1. The Hall–Kier alpha value is -0.220. The molecule has 78 valence electrons. The third-order valence-electron chi connectivity index (χ3n) is 1.88. The van der Waals surface area contributed by atoms with Gasteiger partial charge in [-0.2, -0.15) is 12.6 Å². The van der Waals surface area contributed by atoms with Gasteiger partial charge < -0.3 is 0 Å². The van der Waals surface area contributed by atoms with Crippen molar-refractivity contribution < 1.29 is 0 Å². The maximum atomic E-state index is 5.93. The first-order valence-electron chi connectivity index (χ1n) is 4.21. The first-order chi connectivity index (χ1) is 7.20. The second-order valence-electron chi connectivity index (χ2n) is 2.93. The van der Waals surface area contributed by atoms with Crippen LogP contribution in [0, 0.1) is 0 Å². The van der Waals surface area contributed by atoms with Gasteiger partial charge >= 0.3 is 0 Å². The van der Waals surface area contributed by atoms with Crippen molar-refractivity contribution >= 4 is 47.2 Å². The van der Waals surface area contributed by atoms with E-state index in [1.807, 2.05) is 17.5 Å². The molecule has 2 aromatic rings. The van der Waals surface area contributed by atoms with Gasteiger partial charge in [-0.1, -0.05) is 29.3 Å². The Kier molecular flexibility index (Phi) is 3.57. The van der Waals surface area contributed by atoms with Gasteiger partial charge in [0.05, 0.1) is 15.7 Å². The van der Waals surface area contributed by atoms with Gasteiger partial charge in [0.2, 0.25) is 0 Å². The second-order valence-corrected chi connectivity index (χ2v) is 4.92. The van der Waals surface area contributed by atoms with Gasteiger partial charge in [-0.05, 0) is 12.1 Å². The average molecular weight is 276 g/mol. The highest BCUT2D eigenvalue weighted by Gasteiger charge is 2.06. The van der Waals surface area contributed by atoms with Crippen LogP contribution >= 0.6 is 47.2 Å². The van der Waals surface area contributed by atoms with E-state index in [1.165, 1.54) is 0 Å². The number of hydrogen-bond donors (Lipinski definition) is 1. The maximum Gasteiger partial charge on any atom is 0.123 e. The zero-order chi connectivity index (χ0) is 10.8. The first kappa shape index (κ1) is 11.3. The standard InChI is InChI=1S/C10H7Cl2NS2/c11-8-2-1-6(3-9(8)12)10-13-7(4-14)5-15-10/h1-3,5,14H,4H2. The monoisotopic (exact) mass is 275 g/mol. The highest BCUT2D eigenvalue weighted by Crippen LogP contribution is 2.30. The van der Waals surface area contributed by atoms with E-state index in [1.54, 1.807) is 17.4 Å². The Labute approximate surface area is 107 Å². The minimum atomic E-state index is 0.553. The van der Waals surface area contributed by atoms with Crippen LogP contribution in [0.1, 0.15) is 5.69 Å². The van der Waals surface area contributed by atoms with Crippen LogP contribution in [-0.2, 0) is 5.75 Å². The predicted octanol–water partition coefficient (Wildman–Crippen LogP) is 4.55. The van der Waals surface area contributed by atoms with Gasteiger partial charge in [-0.25, -0.2) is 4.98 Å². The van der Waals surface area contributed by atoms with E-state index in [-0.39, 0.29) is 0 Å². The lowest BCUT2D eigenvalue weighted by Gasteiger charge is -1.98. The Morgan fingerprint density at radius 3 is 2.67 bits per heavy atom. The molecule has 2 rings (SSSR count). The van der Waals surface area contributed by atoms with E-state index in [0.29, 0.717) is 15.8 Å². The van der Waals surface area contributed by atoms with Crippen molar-refractivity contribution in [3.63, 3.8) is 0 Å². The van der Waals surface area contributed by atoms with Crippen LogP contribution in [0.15, 0.2) is 23.6 Å². The molecule has 0 fully saturated rings. The molecule has 1 nitrogen and oxygen atoms in total. The maximum absolute atomic E-state index is 5.93. The molecule has 0 aliphatic carbocycles. The summed E-state index contributed by atoms with van der Waals surface area (Å²) >= 11 is 17.5. The van der Waals surface area contributed by atoms with Crippen molar-refractivity contribution in [1.82, 2.24) is 4.98 Å². The summed E-state index contributed by atoms with van der Waals surface area (Å²) in [6.07, 6.45) is 0. The lowest BCUT2D eigenvalue weighted by Crippen LogP contribution is -1.79. The third kappa shape index (κ3) is 2.48. The molecule has 0 aliphatic rings. The van der Waals surface area contributed by atoms with Gasteiger partial charge in [-0.3, -0.25) is 0 Å². The fourth-order valence-electron chi connectivity index (χ4n) is 1.14. The third-order valence-corrected chi connectivity index (χ3v) is 3.88. The van der Waals surface area contributed by atoms with Crippen LogP contribution in [0.2, 0.25) is 10.0 Å². The SMILES string of the molecule is SCc1csc(-c2ccc(Cl)c(Cl)c2)n1. The summed E-state index contributed by atoms with van der Waals surface area (Å²) < 4.78 is 0. The Balaban J connectivity index is 2.40. The molecular weight excluding hydrogens is 269 g/mol. The second kappa shape index (κ2) is 4.74. The molecule has 0 saturated heterocycles. The molecule has 0 unspecified atom stereocenters. The van der Waals surface area contributed by atoms with Gasteiger partial charge in [0, 0.05) is 16.7 Å². The highest BCUT2D eigenvalue weighted by atomic mass is 35.5. The van der Waals surface area contributed by atoms with Crippen molar-refractivity contribution in [1.29, 1.82) is 0 Å². The Morgan fingerprint density at radius 1 is 1.27 bits per heavy atom. The number of halogens is 2. The molecule has 0 amide bonds. The van der Waals surface area contributed by atoms with Crippen LogP contribution in [0.4, 0.5) is 0 Å². The van der Waals surface area contributed by atoms with Crippen molar-refractivity contribution in [2.45, 2.75) is 5.75 Å². The zero-order valence-corrected chi connectivity index (χ0v) is 10.8. The molecule has 0 atom stereocenters. The van der Waals surface area contributed by atoms with Crippen LogP contribution < -0.4 is 0 Å². The van der Waals surface area contributed by atoms with E-state index in [4.69, 9.17) is 23.2 Å². The molecule has 0 bridgehead atoms. The van der Waals surface area contributed by atoms with Crippen LogP contribution in [0.25, 0.3) is 10.6 Å². The summed E-state index contributed by atoms with van der Waals surface area (Å²) in [5, 5.41) is 4.05. The smallest absolute Gasteiger partial charge is 0.123 e. The molecule has 0 spiro atoms. The van der Waals surface area contributed by atoms with Gasteiger partial charge in [0.25, 0.3) is 0 Å². The lowest BCUT2D eigenvalue weighted by molar-refractivity contribution is 1.24. The quantitative estimate of drug-likeness (QED) is 0.794. The summed E-state index contributed by atoms with van der Waals surface area (Å²) in [6.45, 7) is 0. The summed E-state index contributed by atoms with van der Waals surface area (Å²) in [5.41, 5.74) is 1.96. The molecule has 1 aromatic heterocycles. The molecule has 1 aromatic carbocycles. The lowest BCUT2D eigenvalue weighted by atomic mass is 10.2. The fourth-order valence-corrected chi connectivity index (χ4v) is 2.54. The number of aromatic nitrogens is 1. The van der Waals surface area contributed by atoms with Crippen LogP contribution in [0.5, 0.6) is 0 Å². The van der Waals surface area contributed by atoms with E-state index < -0.39 is 0 Å². The molecule has 0 N–H and O–H groups in total. The molecule has 0 aliphatic heterocycles. The first-order valence-corrected chi connectivity index (χ1v) is 6.48. The van der Waals surface area contributed by atoms with E-state index >= 15 is 0 Å². The summed E-state index contributed by atoms with van der Waals surface area (Å²) in [4.78, 5) is 4.41. The number of hydrogen-bond acceptors (Lipinski definition) is 3. The van der Waals surface area contributed by atoms with Crippen molar-refractivity contribution in [2.75, 3.05) is 0 Å². The van der Waals surface area contributed by atoms with Crippen molar-refractivity contribution in [3.8, 4) is 10.6 Å². The summed E-state index contributed by atoms with van der Waals surface area (Å²) in [6, 6.07) is 5.52. The van der Waals surface area contributed by atoms with Crippen molar-refractivity contribution in [2.24, 2.45) is 0 Å². The number of benzene rings is 1. The Morgan fingerprint density at radius 2 is 2.07 bits per heavy atom. The molecule has 1 heterocycles. The largest absolute Gasteiger partial charge is 0.240 e. The minimum absolute atomic E-state index is 0.553. The number of rotatable bonds is 2. The van der Waals surface area contributed by atoms with Gasteiger partial charge in [-0.15, -0.1) is 11.3 Å². The zero-order valence-electron chi connectivity index (χ0n) is 7.58. The topological polar surface area (TPSA) is 12.9 Å². The normalized spacial score (nSPS) is 10.6. The predicted molar refractivity (Wildman–Crippen MR) is 70.3 cm³/mol. The van der Waals surface area contributed by atoms with E-state index in [2.05, 4.69) is 17.6 Å². The minimum Gasteiger partial charge on any atom is -0.240 e. The molecule has 0 radical (unpaired) electrons. The van der Waals surface area contributed by atoms with Crippen molar-refractivity contribution in [3.05, 3.63) is 39.3 Å². The Bertz CT molecular complexity index is 482. The summed E-state index contributed by atoms with van der Waals surface area (Å²) in [5.74, 6) is 0.651. The van der Waals surface area contributed by atoms with Crippen LogP contribution in [-0.4, -0.2) is 4.98 Å². The average Bonchev–Trinajstić information content (AvgIpc) is 2.70. The molecule has 5 heteroatoms. The summed E-state index contributed by atoms with van der Waals surface area (Å²) in [7, 11) is 0. The number of thiazole rings is 1. The van der Waals surface area contributed by atoms with Gasteiger partial charge in [0.1, 0.15) is 5.01 Å². The van der Waals surface area contributed by atoms with Crippen LogP contribution in [0.3, 0.4) is 0 Å².